The number of carbonyl (C=O) groups excluding carboxylic acids is 2. The van der Waals surface area contributed by atoms with Crippen molar-refractivity contribution in [2.24, 2.45) is 0 Å². The van der Waals surface area contributed by atoms with E-state index in [0.29, 0.717) is 17.9 Å². The molecule has 6 nitrogen and oxygen atoms in total. The van der Waals surface area contributed by atoms with E-state index in [1.54, 1.807) is 6.92 Å². The van der Waals surface area contributed by atoms with E-state index < -0.39 is 26.7 Å². The molecule has 1 saturated carbocycles. The van der Waals surface area contributed by atoms with Crippen LogP contribution in [0.15, 0.2) is 0 Å². The Bertz CT molecular complexity index is 448. The van der Waals surface area contributed by atoms with Gasteiger partial charge in [0, 0.05) is 12.8 Å². The molecule has 0 bridgehead atoms. The summed E-state index contributed by atoms with van der Waals surface area (Å²) in [5.74, 6) is -1.16. The number of amides is 2. The topological polar surface area (TPSA) is 80.8 Å². The summed E-state index contributed by atoms with van der Waals surface area (Å²) >= 11 is 0. The molecule has 0 radical (unpaired) electrons. The fourth-order valence-corrected chi connectivity index (χ4v) is 3.71. The van der Waals surface area contributed by atoms with E-state index in [1.165, 1.54) is 0 Å². The van der Waals surface area contributed by atoms with E-state index >= 15 is 0 Å². The minimum Gasteiger partial charge on any atom is -0.272 e. The highest BCUT2D eigenvalue weighted by atomic mass is 32.2. The van der Waals surface area contributed by atoms with Crippen LogP contribution in [0.1, 0.15) is 51.9 Å². The lowest BCUT2D eigenvalue weighted by Gasteiger charge is -2.32. The summed E-state index contributed by atoms with van der Waals surface area (Å²) < 4.78 is 28.2. The molecular formula is C11H17NO5S. The number of rotatable bonds is 3. The monoisotopic (exact) mass is 275 g/mol. The molecule has 18 heavy (non-hydrogen) atoms. The second kappa shape index (κ2) is 4.62. The van der Waals surface area contributed by atoms with Gasteiger partial charge < -0.3 is 0 Å². The molecular weight excluding hydrogens is 258 g/mol. The third-order valence-electron chi connectivity index (χ3n) is 3.69. The van der Waals surface area contributed by atoms with Crippen molar-refractivity contribution in [1.29, 1.82) is 0 Å². The zero-order valence-corrected chi connectivity index (χ0v) is 11.2. The highest BCUT2D eigenvalue weighted by Gasteiger charge is 2.45. The molecule has 0 spiro atoms. The maximum atomic E-state index is 12.2. The lowest BCUT2D eigenvalue weighted by Crippen LogP contribution is -2.43. The molecule has 1 aliphatic carbocycles. The van der Waals surface area contributed by atoms with Crippen LogP contribution in [0.3, 0.4) is 0 Å². The number of hydrogen-bond donors (Lipinski definition) is 0. The minimum atomic E-state index is -3.95. The first-order chi connectivity index (χ1) is 8.36. The van der Waals surface area contributed by atoms with Crippen LogP contribution in [0.2, 0.25) is 0 Å². The first-order valence-corrected chi connectivity index (χ1v) is 7.56. The van der Waals surface area contributed by atoms with Gasteiger partial charge in [0.2, 0.25) is 0 Å². The van der Waals surface area contributed by atoms with Crippen LogP contribution in [-0.4, -0.2) is 30.0 Å². The molecule has 0 aromatic heterocycles. The van der Waals surface area contributed by atoms with E-state index in [-0.39, 0.29) is 12.8 Å². The largest absolute Gasteiger partial charge is 0.294 e. The van der Waals surface area contributed by atoms with Crippen molar-refractivity contribution >= 4 is 21.9 Å². The van der Waals surface area contributed by atoms with Crippen LogP contribution >= 0.6 is 0 Å². The van der Waals surface area contributed by atoms with Gasteiger partial charge in [0.1, 0.15) is 0 Å². The van der Waals surface area contributed by atoms with Crippen molar-refractivity contribution in [3.63, 3.8) is 0 Å². The predicted molar refractivity (Wildman–Crippen MR) is 62.6 cm³/mol. The quantitative estimate of drug-likeness (QED) is 0.721. The Kier molecular flexibility index (Phi) is 3.46. The van der Waals surface area contributed by atoms with Crippen LogP contribution in [0, 0.1) is 0 Å². The number of imide groups is 1. The van der Waals surface area contributed by atoms with Crippen LogP contribution in [-0.2, 0) is 24.0 Å². The lowest BCUT2D eigenvalue weighted by molar-refractivity contribution is -0.164. The van der Waals surface area contributed by atoms with Crippen molar-refractivity contribution in [2.75, 3.05) is 0 Å². The standard InChI is InChI=1S/C11H17NO5S/c1-11(7-3-2-4-8-11)18(15,16)17-12-9(13)5-6-10(12)14/h2-8H2,1H3. The Balaban J connectivity index is 2.16. The third kappa shape index (κ3) is 2.29. The summed E-state index contributed by atoms with van der Waals surface area (Å²) in [6, 6.07) is 0. The molecule has 1 aliphatic heterocycles. The summed E-state index contributed by atoms with van der Waals surface area (Å²) in [6.45, 7) is 1.62. The van der Waals surface area contributed by atoms with Crippen LogP contribution in [0.5, 0.6) is 0 Å². The first kappa shape index (κ1) is 13.5. The van der Waals surface area contributed by atoms with Gasteiger partial charge in [-0.2, -0.15) is 8.42 Å². The molecule has 0 atom stereocenters. The van der Waals surface area contributed by atoms with Crippen LogP contribution in [0.25, 0.3) is 0 Å². The molecule has 0 aromatic carbocycles. The van der Waals surface area contributed by atoms with Crippen molar-refractivity contribution in [3.05, 3.63) is 0 Å². The molecule has 2 amide bonds. The maximum absolute atomic E-state index is 12.2. The summed E-state index contributed by atoms with van der Waals surface area (Å²) in [7, 11) is -3.95. The molecule has 0 unspecified atom stereocenters. The van der Waals surface area contributed by atoms with Gasteiger partial charge in [0.15, 0.2) is 0 Å². The van der Waals surface area contributed by atoms with Gasteiger partial charge >= 0.3 is 0 Å². The van der Waals surface area contributed by atoms with Gasteiger partial charge in [-0.15, -0.1) is 9.35 Å². The van der Waals surface area contributed by atoms with Crippen molar-refractivity contribution < 1.29 is 22.3 Å². The zero-order chi connectivity index (χ0) is 13.4. The third-order valence-corrected chi connectivity index (χ3v) is 5.65. The second-order valence-electron chi connectivity index (χ2n) is 5.12. The molecule has 0 N–H and O–H groups in total. The van der Waals surface area contributed by atoms with E-state index in [1.807, 2.05) is 0 Å². The number of nitrogens with zero attached hydrogens (tertiary/aromatic N) is 1. The molecule has 102 valence electrons. The van der Waals surface area contributed by atoms with E-state index in [9.17, 15) is 18.0 Å². The Labute approximate surface area is 106 Å². The molecule has 2 aliphatic rings. The van der Waals surface area contributed by atoms with Crippen molar-refractivity contribution in [3.8, 4) is 0 Å². The summed E-state index contributed by atoms with van der Waals surface area (Å²) in [6.07, 6.45) is 3.70. The average Bonchev–Trinajstić information content (AvgIpc) is 2.61. The van der Waals surface area contributed by atoms with Crippen LogP contribution < -0.4 is 0 Å². The Morgan fingerprint density at radius 1 is 1.06 bits per heavy atom. The molecule has 1 saturated heterocycles. The lowest BCUT2D eigenvalue weighted by atomic mass is 9.90. The fourth-order valence-electron chi connectivity index (χ4n) is 2.38. The summed E-state index contributed by atoms with van der Waals surface area (Å²) in [4.78, 5) is 22.7. The summed E-state index contributed by atoms with van der Waals surface area (Å²) in [5.41, 5.74) is 0. The highest BCUT2D eigenvalue weighted by Crippen LogP contribution is 2.36. The SMILES string of the molecule is CC1(S(=O)(=O)ON2C(=O)CCC2=O)CCCCC1. The Morgan fingerprint density at radius 3 is 2.06 bits per heavy atom. The molecule has 1 heterocycles. The van der Waals surface area contributed by atoms with Gasteiger partial charge in [0.05, 0.1) is 4.75 Å². The number of carbonyl (C=O) groups is 2. The average molecular weight is 275 g/mol. The van der Waals surface area contributed by atoms with Crippen molar-refractivity contribution in [1.82, 2.24) is 5.06 Å². The molecule has 0 aromatic rings. The molecule has 2 rings (SSSR count). The van der Waals surface area contributed by atoms with E-state index in [0.717, 1.165) is 19.3 Å². The first-order valence-electron chi connectivity index (χ1n) is 6.16. The Hall–Kier alpha value is -0.950. The second-order valence-corrected chi connectivity index (χ2v) is 7.16. The smallest absolute Gasteiger partial charge is 0.272 e. The Morgan fingerprint density at radius 2 is 1.56 bits per heavy atom. The van der Waals surface area contributed by atoms with Gasteiger partial charge in [-0.3, -0.25) is 9.59 Å². The predicted octanol–water partition coefficient (Wildman–Crippen LogP) is 1.12. The van der Waals surface area contributed by atoms with Crippen LogP contribution in [0.4, 0.5) is 0 Å². The number of hydrogen-bond acceptors (Lipinski definition) is 5. The maximum Gasteiger partial charge on any atom is 0.294 e. The highest BCUT2D eigenvalue weighted by molar-refractivity contribution is 7.88. The van der Waals surface area contributed by atoms with Gasteiger partial charge in [-0.25, -0.2) is 0 Å². The van der Waals surface area contributed by atoms with Gasteiger partial charge in [-0.05, 0) is 19.8 Å². The van der Waals surface area contributed by atoms with Crippen molar-refractivity contribution in [2.45, 2.75) is 56.6 Å². The van der Waals surface area contributed by atoms with E-state index in [4.69, 9.17) is 4.28 Å². The van der Waals surface area contributed by atoms with E-state index in [2.05, 4.69) is 0 Å². The minimum absolute atomic E-state index is 0.0189. The summed E-state index contributed by atoms with van der Waals surface area (Å²) in [5, 5.41) is 0.412. The normalized spacial score (nSPS) is 24.6. The molecule has 2 fully saturated rings. The van der Waals surface area contributed by atoms with Gasteiger partial charge in [-0.1, -0.05) is 19.3 Å². The number of hydroxylamine groups is 2. The van der Waals surface area contributed by atoms with Gasteiger partial charge in [0.25, 0.3) is 21.9 Å². The zero-order valence-electron chi connectivity index (χ0n) is 10.3. The molecule has 7 heteroatoms. The fraction of sp³-hybridized carbons (Fsp3) is 0.818.